The molecule has 0 unspecified atom stereocenters. The fraction of sp³-hybridized carbons (Fsp3) is 0.333. The van der Waals surface area contributed by atoms with E-state index in [1.165, 1.54) is 0 Å². The summed E-state index contributed by atoms with van der Waals surface area (Å²) in [7, 11) is 1.64. The third kappa shape index (κ3) is 2.27. The molecule has 2 rings (SSSR count). The van der Waals surface area contributed by atoms with Crippen molar-refractivity contribution in [1.29, 1.82) is 0 Å². The Bertz CT molecular complexity index is 659. The van der Waals surface area contributed by atoms with E-state index >= 15 is 0 Å². The maximum absolute atomic E-state index is 11.1. The van der Waals surface area contributed by atoms with Gasteiger partial charge in [-0.3, -0.25) is 4.68 Å². The van der Waals surface area contributed by atoms with Gasteiger partial charge in [-0.1, -0.05) is 0 Å². The van der Waals surface area contributed by atoms with Crippen molar-refractivity contribution in [1.82, 2.24) is 9.78 Å². The van der Waals surface area contributed by atoms with Crippen LogP contribution in [0.25, 0.3) is 11.3 Å². The maximum atomic E-state index is 11.1. The fourth-order valence-electron chi connectivity index (χ4n) is 2.27. The van der Waals surface area contributed by atoms with E-state index in [-0.39, 0.29) is 5.69 Å². The molecule has 0 saturated carbocycles. The lowest BCUT2D eigenvalue weighted by Crippen LogP contribution is -2.03. The number of aryl methyl sites for hydroxylation is 1. The van der Waals surface area contributed by atoms with Gasteiger partial charge in [-0.15, -0.1) is 0 Å². The normalized spacial score (nSPS) is 10.6. The van der Waals surface area contributed by atoms with Gasteiger partial charge in [0.2, 0.25) is 0 Å². The lowest BCUT2D eigenvalue weighted by atomic mass is 9.99. The molecule has 0 bridgehead atoms. The van der Waals surface area contributed by atoms with Crippen molar-refractivity contribution < 1.29 is 14.6 Å². The Morgan fingerprint density at radius 3 is 2.60 bits per heavy atom. The number of ether oxygens (including phenoxy) is 1. The molecular formula is C15H18N2O3. The van der Waals surface area contributed by atoms with Crippen molar-refractivity contribution in [3.05, 3.63) is 35.0 Å². The first-order valence-electron chi connectivity index (χ1n) is 6.45. The van der Waals surface area contributed by atoms with Crippen molar-refractivity contribution in [2.45, 2.75) is 27.3 Å². The second-order valence-corrected chi connectivity index (χ2v) is 4.60. The number of methoxy groups -OCH3 is 1. The zero-order chi connectivity index (χ0) is 14.9. The van der Waals surface area contributed by atoms with Gasteiger partial charge < -0.3 is 9.84 Å². The van der Waals surface area contributed by atoms with Crippen LogP contribution < -0.4 is 4.74 Å². The monoisotopic (exact) mass is 274 g/mol. The zero-order valence-electron chi connectivity index (χ0n) is 12.1. The number of hydrogen-bond acceptors (Lipinski definition) is 3. The second kappa shape index (κ2) is 5.36. The van der Waals surface area contributed by atoms with Crippen LogP contribution in [0.4, 0.5) is 0 Å². The van der Waals surface area contributed by atoms with Gasteiger partial charge in [-0.25, -0.2) is 4.79 Å². The minimum absolute atomic E-state index is 0.0646. The predicted molar refractivity (Wildman–Crippen MR) is 76.3 cm³/mol. The fourth-order valence-corrected chi connectivity index (χ4v) is 2.27. The van der Waals surface area contributed by atoms with Crippen molar-refractivity contribution in [2.24, 2.45) is 0 Å². The summed E-state index contributed by atoms with van der Waals surface area (Å²) in [5, 5.41) is 13.2. The molecule has 0 fully saturated rings. The van der Waals surface area contributed by atoms with Gasteiger partial charge in [0.15, 0.2) is 5.69 Å². The number of rotatable bonds is 4. The lowest BCUT2D eigenvalue weighted by Gasteiger charge is -2.13. The first-order valence-corrected chi connectivity index (χ1v) is 6.45. The number of aromatic nitrogens is 2. The Morgan fingerprint density at radius 2 is 2.05 bits per heavy atom. The number of carboxylic acids is 1. The number of carboxylic acid groups (broad SMARTS) is 1. The van der Waals surface area contributed by atoms with Crippen LogP contribution in [0.5, 0.6) is 5.75 Å². The smallest absolute Gasteiger partial charge is 0.356 e. The highest BCUT2D eigenvalue weighted by atomic mass is 16.5. The van der Waals surface area contributed by atoms with E-state index in [0.29, 0.717) is 6.54 Å². The minimum Gasteiger partial charge on any atom is -0.496 e. The van der Waals surface area contributed by atoms with Crippen LogP contribution in [0.3, 0.4) is 0 Å². The Labute approximate surface area is 117 Å². The number of benzene rings is 1. The molecule has 5 heteroatoms. The average molecular weight is 274 g/mol. The minimum atomic E-state index is -1.01. The van der Waals surface area contributed by atoms with Crippen LogP contribution in [0, 0.1) is 13.8 Å². The highest BCUT2D eigenvalue weighted by Gasteiger charge is 2.16. The Balaban J connectivity index is 2.62. The molecule has 0 atom stereocenters. The van der Waals surface area contributed by atoms with Crippen molar-refractivity contribution in [2.75, 3.05) is 7.11 Å². The molecule has 1 N–H and O–H groups in total. The highest BCUT2D eigenvalue weighted by Crippen LogP contribution is 2.31. The van der Waals surface area contributed by atoms with Crippen molar-refractivity contribution >= 4 is 5.97 Å². The highest BCUT2D eigenvalue weighted by molar-refractivity contribution is 5.87. The summed E-state index contributed by atoms with van der Waals surface area (Å²) in [5.74, 6) is -0.186. The summed E-state index contributed by atoms with van der Waals surface area (Å²) in [5.41, 5.74) is 3.97. The summed E-state index contributed by atoms with van der Waals surface area (Å²) >= 11 is 0. The van der Waals surface area contributed by atoms with Crippen molar-refractivity contribution in [3.63, 3.8) is 0 Å². The zero-order valence-corrected chi connectivity index (χ0v) is 12.1. The molecular weight excluding hydrogens is 256 g/mol. The number of hydrogen-bond donors (Lipinski definition) is 1. The molecule has 0 aliphatic carbocycles. The molecule has 1 heterocycles. The second-order valence-electron chi connectivity index (χ2n) is 4.60. The maximum Gasteiger partial charge on any atom is 0.356 e. The van der Waals surface area contributed by atoms with E-state index < -0.39 is 5.97 Å². The molecule has 0 aliphatic heterocycles. The Kier molecular flexibility index (Phi) is 3.79. The third-order valence-electron chi connectivity index (χ3n) is 3.53. The molecule has 1 aromatic carbocycles. The van der Waals surface area contributed by atoms with Gasteiger partial charge in [-0.05, 0) is 50.1 Å². The summed E-state index contributed by atoms with van der Waals surface area (Å²) in [4.78, 5) is 11.1. The van der Waals surface area contributed by atoms with Gasteiger partial charge in [0, 0.05) is 12.1 Å². The van der Waals surface area contributed by atoms with Gasteiger partial charge in [-0.2, -0.15) is 5.10 Å². The average Bonchev–Trinajstić information content (AvgIpc) is 2.86. The Morgan fingerprint density at radius 1 is 1.35 bits per heavy atom. The van der Waals surface area contributed by atoms with Crippen LogP contribution in [0.15, 0.2) is 18.2 Å². The van der Waals surface area contributed by atoms with E-state index in [9.17, 15) is 4.79 Å². The number of carbonyl (C=O) groups is 1. The summed E-state index contributed by atoms with van der Waals surface area (Å²) < 4.78 is 7.01. The molecule has 0 aliphatic rings. The molecule has 0 spiro atoms. The lowest BCUT2D eigenvalue weighted by molar-refractivity contribution is 0.0689. The quantitative estimate of drug-likeness (QED) is 0.931. The summed E-state index contributed by atoms with van der Waals surface area (Å²) in [6.07, 6.45) is 0. The summed E-state index contributed by atoms with van der Waals surface area (Å²) in [6.45, 7) is 6.55. The van der Waals surface area contributed by atoms with Crippen LogP contribution >= 0.6 is 0 Å². The first kappa shape index (κ1) is 14.1. The summed E-state index contributed by atoms with van der Waals surface area (Å²) in [6, 6.07) is 5.45. The SMILES string of the molecule is CCn1nc(C(=O)O)cc1-c1ccc(OC)c(C)c1C. The van der Waals surface area contributed by atoms with E-state index in [1.807, 2.05) is 32.9 Å². The number of aromatic carboxylic acids is 1. The molecule has 20 heavy (non-hydrogen) atoms. The third-order valence-corrected chi connectivity index (χ3v) is 3.53. The van der Waals surface area contributed by atoms with E-state index in [1.54, 1.807) is 17.9 Å². The van der Waals surface area contributed by atoms with E-state index in [2.05, 4.69) is 5.10 Å². The topological polar surface area (TPSA) is 64.4 Å². The van der Waals surface area contributed by atoms with Gasteiger partial charge in [0.25, 0.3) is 0 Å². The molecule has 0 saturated heterocycles. The van der Waals surface area contributed by atoms with E-state index in [4.69, 9.17) is 9.84 Å². The van der Waals surface area contributed by atoms with Crippen LogP contribution in [0.2, 0.25) is 0 Å². The first-order chi connectivity index (χ1) is 9.49. The van der Waals surface area contributed by atoms with Crippen molar-refractivity contribution in [3.8, 4) is 17.0 Å². The van der Waals surface area contributed by atoms with Crippen LogP contribution in [-0.2, 0) is 6.54 Å². The standard InChI is InChI=1S/C15H18N2O3/c1-5-17-13(8-12(16-17)15(18)19)11-6-7-14(20-4)10(3)9(11)2/h6-8H,5H2,1-4H3,(H,18,19). The Hall–Kier alpha value is -2.30. The van der Waals surface area contributed by atoms with Gasteiger partial charge in [0.05, 0.1) is 12.8 Å². The largest absolute Gasteiger partial charge is 0.496 e. The molecule has 1 aromatic heterocycles. The van der Waals surface area contributed by atoms with Gasteiger partial charge in [0.1, 0.15) is 5.75 Å². The molecule has 5 nitrogen and oxygen atoms in total. The van der Waals surface area contributed by atoms with E-state index in [0.717, 1.165) is 28.1 Å². The van der Waals surface area contributed by atoms with Gasteiger partial charge >= 0.3 is 5.97 Å². The van der Waals surface area contributed by atoms with Crippen LogP contribution in [-0.4, -0.2) is 28.0 Å². The predicted octanol–water partition coefficient (Wildman–Crippen LogP) is 2.89. The molecule has 106 valence electrons. The molecule has 0 amide bonds. The number of nitrogens with zero attached hydrogens (tertiary/aromatic N) is 2. The molecule has 2 aromatic rings. The molecule has 0 radical (unpaired) electrons. The van der Waals surface area contributed by atoms with Crippen LogP contribution in [0.1, 0.15) is 28.5 Å².